The molecular weight excluding hydrogens is 284 g/mol. The maximum atomic E-state index is 12.2. The molecule has 21 heavy (non-hydrogen) atoms. The molecule has 2 N–H and O–H groups in total. The highest BCUT2D eigenvalue weighted by molar-refractivity contribution is 7.09. The van der Waals surface area contributed by atoms with E-state index in [4.69, 9.17) is 0 Å². The summed E-state index contributed by atoms with van der Waals surface area (Å²) in [5.74, 6) is -0.106. The van der Waals surface area contributed by atoms with Crippen LogP contribution in [0.3, 0.4) is 0 Å². The molecule has 3 aromatic rings. The van der Waals surface area contributed by atoms with Crippen LogP contribution in [0, 0.1) is 6.92 Å². The largest absolute Gasteiger partial charge is 0.346 e. The number of benzene rings is 1. The summed E-state index contributed by atoms with van der Waals surface area (Å²) in [6, 6.07) is 7.47. The van der Waals surface area contributed by atoms with Gasteiger partial charge in [-0.15, -0.1) is 11.3 Å². The third-order valence-corrected chi connectivity index (χ3v) is 3.88. The first-order chi connectivity index (χ1) is 10.2. The van der Waals surface area contributed by atoms with Gasteiger partial charge in [-0.25, -0.2) is 4.98 Å². The lowest BCUT2D eigenvalue weighted by Crippen LogP contribution is -2.22. The fourth-order valence-corrected chi connectivity index (χ4v) is 2.62. The van der Waals surface area contributed by atoms with Crippen molar-refractivity contribution in [1.82, 2.24) is 20.5 Å². The third kappa shape index (κ3) is 3.17. The first-order valence-electron chi connectivity index (χ1n) is 6.51. The fourth-order valence-electron chi connectivity index (χ4n) is 2.01. The monoisotopic (exact) mass is 298 g/mol. The Labute approximate surface area is 126 Å². The van der Waals surface area contributed by atoms with E-state index in [-0.39, 0.29) is 5.91 Å². The van der Waals surface area contributed by atoms with Crippen LogP contribution < -0.4 is 5.32 Å². The summed E-state index contributed by atoms with van der Waals surface area (Å²) < 4.78 is 0. The second-order valence-corrected chi connectivity index (χ2v) is 5.67. The molecule has 0 spiro atoms. The van der Waals surface area contributed by atoms with E-state index in [2.05, 4.69) is 20.5 Å². The van der Waals surface area contributed by atoms with Crippen LogP contribution in [0.4, 0.5) is 0 Å². The molecule has 0 aliphatic rings. The average molecular weight is 298 g/mol. The lowest BCUT2D eigenvalue weighted by Gasteiger charge is -2.05. The molecule has 2 heterocycles. The van der Waals surface area contributed by atoms with Crippen molar-refractivity contribution in [2.75, 3.05) is 0 Å². The standard InChI is InChI=1S/C15H14N4OS/c1-10-19-14(9-21-10)8-16-15(20)12-4-2-3-11(5-12)13-6-17-18-7-13/h2-7,9H,8H2,1H3,(H,16,20)(H,17,18). The van der Waals surface area contributed by atoms with Crippen molar-refractivity contribution in [2.24, 2.45) is 0 Å². The van der Waals surface area contributed by atoms with Crippen LogP contribution in [0.2, 0.25) is 0 Å². The molecule has 3 rings (SSSR count). The van der Waals surface area contributed by atoms with Crippen molar-refractivity contribution in [3.63, 3.8) is 0 Å². The average Bonchev–Trinajstić information content (AvgIpc) is 3.16. The molecule has 0 unspecified atom stereocenters. The van der Waals surface area contributed by atoms with Crippen molar-refractivity contribution in [3.8, 4) is 11.1 Å². The summed E-state index contributed by atoms with van der Waals surface area (Å²) in [7, 11) is 0. The predicted molar refractivity (Wildman–Crippen MR) is 82.0 cm³/mol. The minimum atomic E-state index is -0.106. The van der Waals surface area contributed by atoms with Crippen molar-refractivity contribution < 1.29 is 4.79 Å². The van der Waals surface area contributed by atoms with Crippen LogP contribution in [0.25, 0.3) is 11.1 Å². The van der Waals surface area contributed by atoms with Crippen molar-refractivity contribution >= 4 is 17.2 Å². The van der Waals surface area contributed by atoms with Gasteiger partial charge < -0.3 is 5.32 Å². The van der Waals surface area contributed by atoms with E-state index in [0.717, 1.165) is 21.8 Å². The Bertz CT molecular complexity index is 749. The lowest BCUT2D eigenvalue weighted by atomic mass is 10.1. The maximum Gasteiger partial charge on any atom is 0.251 e. The van der Waals surface area contributed by atoms with E-state index in [1.165, 1.54) is 0 Å². The van der Waals surface area contributed by atoms with E-state index in [0.29, 0.717) is 12.1 Å². The Morgan fingerprint density at radius 3 is 3.00 bits per heavy atom. The SMILES string of the molecule is Cc1nc(CNC(=O)c2cccc(-c3cn[nH]c3)c2)cs1. The van der Waals surface area contributed by atoms with Crippen LogP contribution in [0.5, 0.6) is 0 Å². The topological polar surface area (TPSA) is 70.7 Å². The quantitative estimate of drug-likeness (QED) is 0.778. The van der Waals surface area contributed by atoms with Gasteiger partial charge >= 0.3 is 0 Å². The fraction of sp³-hybridized carbons (Fsp3) is 0.133. The summed E-state index contributed by atoms with van der Waals surface area (Å²) in [5, 5.41) is 12.5. The van der Waals surface area contributed by atoms with Crippen molar-refractivity contribution in [1.29, 1.82) is 0 Å². The molecule has 1 aromatic carbocycles. The Morgan fingerprint density at radius 2 is 2.29 bits per heavy atom. The Balaban J connectivity index is 1.71. The van der Waals surface area contributed by atoms with Gasteiger partial charge in [-0.1, -0.05) is 12.1 Å². The Hall–Kier alpha value is -2.47. The Kier molecular flexibility index (Phi) is 3.79. The van der Waals surface area contributed by atoms with Gasteiger partial charge in [0.25, 0.3) is 5.91 Å². The van der Waals surface area contributed by atoms with Crippen LogP contribution in [-0.4, -0.2) is 21.1 Å². The molecule has 0 aliphatic carbocycles. The molecule has 2 aromatic heterocycles. The number of aromatic amines is 1. The predicted octanol–water partition coefficient (Wildman–Crippen LogP) is 2.77. The number of rotatable bonds is 4. The molecule has 0 aliphatic heterocycles. The Morgan fingerprint density at radius 1 is 1.38 bits per heavy atom. The van der Waals surface area contributed by atoms with Crippen LogP contribution in [0.1, 0.15) is 21.1 Å². The third-order valence-electron chi connectivity index (χ3n) is 3.05. The molecule has 0 fully saturated rings. The zero-order valence-electron chi connectivity index (χ0n) is 11.5. The number of carbonyl (C=O) groups excluding carboxylic acids is 1. The van der Waals surface area contributed by atoms with Crippen molar-refractivity contribution in [2.45, 2.75) is 13.5 Å². The molecule has 0 radical (unpaired) electrons. The smallest absolute Gasteiger partial charge is 0.251 e. The number of carbonyl (C=O) groups is 1. The second kappa shape index (κ2) is 5.88. The molecule has 0 saturated carbocycles. The number of hydrogen-bond donors (Lipinski definition) is 2. The van der Waals surface area contributed by atoms with Gasteiger partial charge in [0, 0.05) is 22.7 Å². The van der Waals surface area contributed by atoms with E-state index < -0.39 is 0 Å². The molecular formula is C15H14N4OS. The number of amides is 1. The number of nitrogens with one attached hydrogen (secondary N) is 2. The summed E-state index contributed by atoms with van der Waals surface area (Å²) in [5.41, 5.74) is 3.43. The zero-order valence-corrected chi connectivity index (χ0v) is 12.3. The number of thiazole rings is 1. The summed E-state index contributed by atoms with van der Waals surface area (Å²) in [4.78, 5) is 16.5. The van der Waals surface area contributed by atoms with Gasteiger partial charge in [-0.05, 0) is 24.6 Å². The van der Waals surface area contributed by atoms with Gasteiger partial charge in [0.1, 0.15) is 0 Å². The summed E-state index contributed by atoms with van der Waals surface area (Å²) >= 11 is 1.58. The van der Waals surface area contributed by atoms with Crippen LogP contribution in [0.15, 0.2) is 42.0 Å². The molecule has 0 bridgehead atoms. The van der Waals surface area contributed by atoms with E-state index in [1.807, 2.05) is 30.5 Å². The van der Waals surface area contributed by atoms with Gasteiger partial charge in [0.2, 0.25) is 0 Å². The van der Waals surface area contributed by atoms with Crippen molar-refractivity contribution in [3.05, 3.63) is 58.3 Å². The first-order valence-corrected chi connectivity index (χ1v) is 7.39. The highest BCUT2D eigenvalue weighted by atomic mass is 32.1. The van der Waals surface area contributed by atoms with Gasteiger partial charge in [0.15, 0.2) is 0 Å². The number of H-pyrrole nitrogens is 1. The number of nitrogens with zero attached hydrogens (tertiary/aromatic N) is 2. The van der Waals surface area contributed by atoms with Crippen LogP contribution in [-0.2, 0) is 6.54 Å². The zero-order chi connectivity index (χ0) is 14.7. The van der Waals surface area contributed by atoms with E-state index in [1.54, 1.807) is 29.8 Å². The summed E-state index contributed by atoms with van der Waals surface area (Å²) in [6.07, 6.45) is 3.53. The summed E-state index contributed by atoms with van der Waals surface area (Å²) in [6.45, 7) is 2.39. The molecule has 106 valence electrons. The highest BCUT2D eigenvalue weighted by Crippen LogP contribution is 2.18. The molecule has 1 amide bonds. The molecule has 0 atom stereocenters. The molecule has 0 saturated heterocycles. The number of aryl methyl sites for hydroxylation is 1. The van der Waals surface area contributed by atoms with Gasteiger partial charge in [-0.3, -0.25) is 9.89 Å². The normalized spacial score (nSPS) is 10.5. The van der Waals surface area contributed by atoms with Gasteiger partial charge in [0.05, 0.1) is 23.4 Å². The van der Waals surface area contributed by atoms with Gasteiger partial charge in [-0.2, -0.15) is 5.10 Å². The molecule has 6 heteroatoms. The minimum absolute atomic E-state index is 0.106. The highest BCUT2D eigenvalue weighted by Gasteiger charge is 2.08. The first kappa shape index (κ1) is 13.5. The second-order valence-electron chi connectivity index (χ2n) is 4.61. The number of hydrogen-bond acceptors (Lipinski definition) is 4. The van der Waals surface area contributed by atoms with Crippen LogP contribution >= 0.6 is 11.3 Å². The van der Waals surface area contributed by atoms with E-state index in [9.17, 15) is 4.79 Å². The number of aromatic nitrogens is 3. The van der Waals surface area contributed by atoms with E-state index >= 15 is 0 Å². The maximum absolute atomic E-state index is 12.2. The minimum Gasteiger partial charge on any atom is -0.346 e. The molecule has 5 nitrogen and oxygen atoms in total. The lowest BCUT2D eigenvalue weighted by molar-refractivity contribution is 0.0950.